The standard InChI is InChI=1S/C26H32N2O3/c1-6-7-14-31-22-11-9-19(16-23(22)30-5)12-13-26-25(3,4)20-15-18(2)8-10-21(20)28(26)17-24(29)27-26/h8-13,15-16H,6-7,14,17H2,1-5H3,(H,27,29)/t26-/m1/s1. The minimum absolute atomic E-state index is 0.0428. The van der Waals surface area contributed by atoms with Crippen LogP contribution >= 0.6 is 0 Å². The van der Waals surface area contributed by atoms with E-state index >= 15 is 0 Å². The zero-order valence-electron chi connectivity index (χ0n) is 19.1. The summed E-state index contributed by atoms with van der Waals surface area (Å²) in [6, 6.07) is 12.4. The van der Waals surface area contributed by atoms with Crippen molar-refractivity contribution >= 4 is 17.7 Å². The lowest BCUT2D eigenvalue weighted by molar-refractivity contribution is -0.118. The second-order valence-electron chi connectivity index (χ2n) is 8.99. The Morgan fingerprint density at radius 1 is 1.16 bits per heavy atom. The van der Waals surface area contributed by atoms with Crippen LogP contribution in [0.3, 0.4) is 0 Å². The summed E-state index contributed by atoms with van der Waals surface area (Å²) in [6.45, 7) is 9.69. The van der Waals surface area contributed by atoms with Crippen molar-refractivity contribution in [1.82, 2.24) is 5.32 Å². The summed E-state index contributed by atoms with van der Waals surface area (Å²) in [7, 11) is 1.66. The van der Waals surface area contributed by atoms with Gasteiger partial charge < -0.3 is 19.7 Å². The molecule has 0 spiro atoms. The number of carbonyl (C=O) groups is 1. The molecule has 2 aromatic rings. The molecule has 0 saturated carbocycles. The van der Waals surface area contributed by atoms with Crippen LogP contribution in [0.2, 0.25) is 0 Å². The SMILES string of the molecule is CCCCOc1ccc(C=C[C@@]23NC(=O)CN2c2ccc(C)cc2C3(C)C)cc1OC. The van der Waals surface area contributed by atoms with Crippen molar-refractivity contribution in [3.63, 3.8) is 0 Å². The molecule has 2 aliphatic rings. The van der Waals surface area contributed by atoms with Gasteiger partial charge in [0, 0.05) is 11.1 Å². The monoisotopic (exact) mass is 420 g/mol. The van der Waals surface area contributed by atoms with Gasteiger partial charge in [0.05, 0.1) is 20.3 Å². The molecule has 2 aliphatic heterocycles. The third-order valence-electron chi connectivity index (χ3n) is 6.59. The van der Waals surface area contributed by atoms with E-state index in [1.807, 2.05) is 18.2 Å². The Morgan fingerprint density at radius 2 is 1.97 bits per heavy atom. The number of nitrogens with one attached hydrogen (secondary N) is 1. The van der Waals surface area contributed by atoms with E-state index in [9.17, 15) is 4.79 Å². The number of amides is 1. The van der Waals surface area contributed by atoms with E-state index in [0.717, 1.165) is 29.8 Å². The number of carbonyl (C=O) groups excluding carboxylic acids is 1. The first-order valence-corrected chi connectivity index (χ1v) is 11.0. The Balaban J connectivity index is 1.68. The van der Waals surface area contributed by atoms with Gasteiger partial charge in [-0.3, -0.25) is 4.79 Å². The number of rotatable bonds is 7. The summed E-state index contributed by atoms with van der Waals surface area (Å²) >= 11 is 0. The van der Waals surface area contributed by atoms with Gasteiger partial charge in [-0.2, -0.15) is 0 Å². The quantitative estimate of drug-likeness (QED) is 0.653. The number of nitrogens with zero attached hydrogens (tertiary/aromatic N) is 1. The number of ether oxygens (including phenoxy) is 2. The van der Waals surface area contributed by atoms with Crippen molar-refractivity contribution < 1.29 is 14.3 Å². The number of hydrogen-bond acceptors (Lipinski definition) is 4. The predicted molar refractivity (Wildman–Crippen MR) is 125 cm³/mol. The first-order chi connectivity index (χ1) is 14.8. The minimum atomic E-state index is -0.607. The maximum absolute atomic E-state index is 12.5. The Labute approximate surface area is 185 Å². The summed E-state index contributed by atoms with van der Waals surface area (Å²) in [5.41, 5.74) is 3.71. The van der Waals surface area contributed by atoms with Gasteiger partial charge in [0.15, 0.2) is 11.5 Å². The average molecular weight is 421 g/mol. The number of hydrogen-bond donors (Lipinski definition) is 1. The van der Waals surface area contributed by atoms with Gasteiger partial charge in [-0.25, -0.2) is 0 Å². The van der Waals surface area contributed by atoms with E-state index in [-0.39, 0.29) is 11.3 Å². The number of methoxy groups -OCH3 is 1. The molecule has 164 valence electrons. The molecule has 2 heterocycles. The predicted octanol–water partition coefficient (Wildman–Crippen LogP) is 4.82. The maximum atomic E-state index is 12.5. The van der Waals surface area contributed by atoms with Crippen molar-refractivity contribution in [3.05, 3.63) is 59.2 Å². The van der Waals surface area contributed by atoms with E-state index in [4.69, 9.17) is 9.47 Å². The molecule has 31 heavy (non-hydrogen) atoms. The summed E-state index contributed by atoms with van der Waals surface area (Å²) in [4.78, 5) is 14.7. The van der Waals surface area contributed by atoms with Gasteiger partial charge >= 0.3 is 0 Å². The maximum Gasteiger partial charge on any atom is 0.241 e. The first-order valence-electron chi connectivity index (χ1n) is 11.0. The van der Waals surface area contributed by atoms with E-state index in [1.54, 1.807) is 7.11 Å². The third kappa shape index (κ3) is 3.46. The minimum Gasteiger partial charge on any atom is -0.493 e. The molecule has 0 aliphatic carbocycles. The highest BCUT2D eigenvalue weighted by atomic mass is 16.5. The lowest BCUT2D eigenvalue weighted by Crippen LogP contribution is -2.58. The zero-order chi connectivity index (χ0) is 22.2. The van der Waals surface area contributed by atoms with Crippen molar-refractivity contribution in [3.8, 4) is 11.5 Å². The highest BCUT2D eigenvalue weighted by Crippen LogP contribution is 2.53. The molecule has 0 radical (unpaired) electrons. The van der Waals surface area contributed by atoms with E-state index in [0.29, 0.717) is 18.9 Å². The third-order valence-corrected chi connectivity index (χ3v) is 6.59. The van der Waals surface area contributed by atoms with Crippen LogP contribution in [-0.4, -0.2) is 31.8 Å². The Kier molecular flexibility index (Phi) is 5.46. The summed E-state index contributed by atoms with van der Waals surface area (Å²) in [6.07, 6.45) is 6.29. The summed E-state index contributed by atoms with van der Waals surface area (Å²) in [5, 5.41) is 3.27. The molecule has 0 bridgehead atoms. The van der Waals surface area contributed by atoms with Gasteiger partial charge in [0.2, 0.25) is 5.91 Å². The highest BCUT2D eigenvalue weighted by Gasteiger charge is 2.59. The molecule has 1 amide bonds. The number of fused-ring (bicyclic) bond motifs is 3. The Hall–Kier alpha value is -2.95. The fourth-order valence-electron chi connectivity index (χ4n) is 4.74. The average Bonchev–Trinajstić information content (AvgIpc) is 3.17. The van der Waals surface area contributed by atoms with Crippen LogP contribution < -0.4 is 19.7 Å². The molecule has 0 aromatic heterocycles. The molecule has 2 aromatic carbocycles. The topological polar surface area (TPSA) is 50.8 Å². The van der Waals surface area contributed by atoms with Crippen LogP contribution in [0.5, 0.6) is 11.5 Å². The van der Waals surface area contributed by atoms with Crippen LogP contribution in [0.1, 0.15) is 50.3 Å². The second-order valence-corrected chi connectivity index (χ2v) is 8.99. The molecule has 1 fully saturated rings. The van der Waals surface area contributed by atoms with Crippen LogP contribution in [0.25, 0.3) is 6.08 Å². The Morgan fingerprint density at radius 3 is 2.71 bits per heavy atom. The Bertz CT molecular complexity index is 1030. The first kappa shape index (κ1) is 21.3. The van der Waals surface area contributed by atoms with Gasteiger partial charge in [0.25, 0.3) is 0 Å². The fraction of sp³-hybridized carbons (Fsp3) is 0.423. The highest BCUT2D eigenvalue weighted by molar-refractivity contribution is 5.91. The number of benzene rings is 2. The number of unbranched alkanes of at least 4 members (excludes halogenated alkanes) is 1. The molecule has 1 N–H and O–H groups in total. The van der Waals surface area contributed by atoms with Gasteiger partial charge in [-0.15, -0.1) is 0 Å². The van der Waals surface area contributed by atoms with Crippen LogP contribution in [-0.2, 0) is 10.2 Å². The van der Waals surface area contributed by atoms with Crippen LogP contribution in [0.4, 0.5) is 5.69 Å². The van der Waals surface area contributed by atoms with E-state index in [2.05, 4.69) is 68.3 Å². The van der Waals surface area contributed by atoms with Crippen molar-refractivity contribution in [1.29, 1.82) is 0 Å². The second kappa shape index (κ2) is 7.95. The van der Waals surface area contributed by atoms with Gasteiger partial charge in [-0.1, -0.05) is 57.0 Å². The fourth-order valence-corrected chi connectivity index (χ4v) is 4.74. The van der Waals surface area contributed by atoms with Gasteiger partial charge in [-0.05, 0) is 48.7 Å². The van der Waals surface area contributed by atoms with Crippen LogP contribution in [0, 0.1) is 6.92 Å². The largest absolute Gasteiger partial charge is 0.493 e. The van der Waals surface area contributed by atoms with Crippen molar-refractivity contribution in [2.24, 2.45) is 0 Å². The van der Waals surface area contributed by atoms with Crippen molar-refractivity contribution in [2.75, 3.05) is 25.2 Å². The number of aryl methyl sites for hydroxylation is 1. The summed E-state index contributed by atoms with van der Waals surface area (Å²) in [5.74, 6) is 1.51. The molecule has 1 atom stereocenters. The van der Waals surface area contributed by atoms with Crippen molar-refractivity contribution in [2.45, 2.75) is 51.6 Å². The molecular weight excluding hydrogens is 388 g/mol. The number of anilines is 1. The molecular formula is C26H32N2O3. The smallest absolute Gasteiger partial charge is 0.241 e. The van der Waals surface area contributed by atoms with Gasteiger partial charge in [0.1, 0.15) is 5.66 Å². The molecule has 5 heteroatoms. The van der Waals surface area contributed by atoms with E-state index < -0.39 is 5.66 Å². The molecule has 4 rings (SSSR count). The lowest BCUT2D eigenvalue weighted by atomic mass is 9.75. The van der Waals surface area contributed by atoms with Crippen LogP contribution in [0.15, 0.2) is 42.5 Å². The lowest BCUT2D eigenvalue weighted by Gasteiger charge is -2.40. The summed E-state index contributed by atoms with van der Waals surface area (Å²) < 4.78 is 11.4. The normalized spacial score (nSPS) is 21.2. The zero-order valence-corrected chi connectivity index (χ0v) is 19.1. The molecule has 5 nitrogen and oxygen atoms in total. The molecule has 0 unspecified atom stereocenters. The van der Waals surface area contributed by atoms with E-state index in [1.165, 1.54) is 11.1 Å². The molecule has 1 saturated heterocycles.